The lowest BCUT2D eigenvalue weighted by molar-refractivity contribution is -0.123. The lowest BCUT2D eigenvalue weighted by Gasteiger charge is -2.13. The number of hydrogen-bond acceptors (Lipinski definition) is 7. The number of esters is 1. The molecule has 3 rings (SSSR count). The van der Waals surface area contributed by atoms with Gasteiger partial charge in [0.05, 0.1) is 5.69 Å². The summed E-state index contributed by atoms with van der Waals surface area (Å²) < 4.78 is 10.9. The molecule has 3 N–H and O–H groups in total. The SMILES string of the molecule is Cc1nc(COc2ccc(Cl)cc2)sc1C(=O)O[C@H](C)C(=O)Nc1ccc(C(N)=O)cc1. The molecule has 0 radical (unpaired) electrons. The number of carbonyl (C=O) groups excluding carboxylic acids is 3. The lowest BCUT2D eigenvalue weighted by Crippen LogP contribution is -2.30. The number of aromatic nitrogens is 1. The zero-order valence-corrected chi connectivity index (χ0v) is 18.8. The highest BCUT2D eigenvalue weighted by molar-refractivity contribution is 7.13. The van der Waals surface area contributed by atoms with E-state index >= 15 is 0 Å². The van der Waals surface area contributed by atoms with Crippen molar-refractivity contribution >= 4 is 46.4 Å². The highest BCUT2D eigenvalue weighted by atomic mass is 35.5. The first-order chi connectivity index (χ1) is 15.2. The molecule has 166 valence electrons. The number of nitrogens with zero attached hydrogens (tertiary/aromatic N) is 1. The molecule has 10 heteroatoms. The molecule has 0 fully saturated rings. The number of nitrogens with one attached hydrogen (secondary N) is 1. The van der Waals surface area contributed by atoms with Crippen LogP contribution in [0.3, 0.4) is 0 Å². The fourth-order valence-electron chi connectivity index (χ4n) is 2.61. The van der Waals surface area contributed by atoms with Gasteiger partial charge in [0.15, 0.2) is 6.10 Å². The predicted octanol–water partition coefficient (Wildman–Crippen LogP) is 3.97. The van der Waals surface area contributed by atoms with Crippen LogP contribution in [-0.4, -0.2) is 28.9 Å². The van der Waals surface area contributed by atoms with Crippen molar-refractivity contribution in [2.24, 2.45) is 5.73 Å². The van der Waals surface area contributed by atoms with Gasteiger partial charge in [0.1, 0.15) is 22.2 Å². The molecule has 0 spiro atoms. The first-order valence-electron chi connectivity index (χ1n) is 9.49. The van der Waals surface area contributed by atoms with Crippen molar-refractivity contribution in [2.75, 3.05) is 5.32 Å². The number of rotatable bonds is 8. The van der Waals surface area contributed by atoms with Crippen molar-refractivity contribution < 1.29 is 23.9 Å². The van der Waals surface area contributed by atoms with Crippen LogP contribution in [0.2, 0.25) is 5.02 Å². The highest BCUT2D eigenvalue weighted by Crippen LogP contribution is 2.23. The van der Waals surface area contributed by atoms with Gasteiger partial charge < -0.3 is 20.5 Å². The molecule has 0 bridgehead atoms. The van der Waals surface area contributed by atoms with Crippen molar-refractivity contribution in [1.82, 2.24) is 4.98 Å². The van der Waals surface area contributed by atoms with Crippen molar-refractivity contribution in [3.63, 3.8) is 0 Å². The number of benzene rings is 2. The van der Waals surface area contributed by atoms with Gasteiger partial charge >= 0.3 is 5.97 Å². The molecule has 1 atom stereocenters. The number of primary amides is 1. The molecule has 0 saturated carbocycles. The number of halogens is 1. The van der Waals surface area contributed by atoms with Gasteiger partial charge in [-0.15, -0.1) is 11.3 Å². The summed E-state index contributed by atoms with van der Waals surface area (Å²) in [7, 11) is 0. The van der Waals surface area contributed by atoms with Gasteiger partial charge in [-0.05, 0) is 62.4 Å². The molecule has 0 aliphatic carbocycles. The van der Waals surface area contributed by atoms with E-state index in [1.807, 2.05) is 0 Å². The van der Waals surface area contributed by atoms with Crippen LogP contribution >= 0.6 is 22.9 Å². The summed E-state index contributed by atoms with van der Waals surface area (Å²) in [6.07, 6.45) is -1.05. The number of ether oxygens (including phenoxy) is 2. The largest absolute Gasteiger partial charge is 0.486 e. The van der Waals surface area contributed by atoms with Crippen LogP contribution in [0.4, 0.5) is 5.69 Å². The Kier molecular flexibility index (Phi) is 7.45. The summed E-state index contributed by atoms with van der Waals surface area (Å²) >= 11 is 6.99. The molecule has 2 amide bonds. The van der Waals surface area contributed by atoms with E-state index in [4.69, 9.17) is 26.8 Å². The Morgan fingerprint density at radius 3 is 2.41 bits per heavy atom. The summed E-state index contributed by atoms with van der Waals surface area (Å²) in [5.74, 6) is -1.10. The van der Waals surface area contributed by atoms with Gasteiger partial charge in [0.25, 0.3) is 5.91 Å². The van der Waals surface area contributed by atoms with Crippen molar-refractivity contribution in [2.45, 2.75) is 26.6 Å². The normalized spacial score (nSPS) is 11.5. The van der Waals surface area contributed by atoms with E-state index < -0.39 is 23.9 Å². The van der Waals surface area contributed by atoms with Gasteiger partial charge in [0.2, 0.25) is 5.91 Å². The molecule has 32 heavy (non-hydrogen) atoms. The molecule has 0 saturated heterocycles. The van der Waals surface area contributed by atoms with Crippen LogP contribution in [0.15, 0.2) is 48.5 Å². The molecule has 2 aromatic carbocycles. The van der Waals surface area contributed by atoms with Crippen molar-refractivity contribution in [3.8, 4) is 5.75 Å². The molecule has 8 nitrogen and oxygen atoms in total. The molecule has 3 aromatic rings. The molecule has 0 unspecified atom stereocenters. The standard InChI is InChI=1S/C22H20ClN3O5S/c1-12-19(32-18(25-12)11-30-17-9-5-15(23)6-10-17)22(29)31-13(2)21(28)26-16-7-3-14(4-8-16)20(24)27/h3-10,13H,11H2,1-2H3,(H2,24,27)(H,26,28)/t13-/m1/s1. The first-order valence-corrected chi connectivity index (χ1v) is 10.7. The molecule has 0 aliphatic heterocycles. The number of carbonyl (C=O) groups is 3. The van der Waals surface area contributed by atoms with Crippen molar-refractivity contribution in [3.05, 3.63) is 74.7 Å². The molecule has 1 heterocycles. The lowest BCUT2D eigenvalue weighted by atomic mass is 10.2. The maximum atomic E-state index is 12.5. The Morgan fingerprint density at radius 2 is 1.78 bits per heavy atom. The Hall–Kier alpha value is -3.43. The number of anilines is 1. The Morgan fingerprint density at radius 1 is 1.12 bits per heavy atom. The number of nitrogens with two attached hydrogens (primary N) is 1. The fourth-order valence-corrected chi connectivity index (χ4v) is 3.60. The maximum Gasteiger partial charge on any atom is 0.351 e. The van der Waals surface area contributed by atoms with Gasteiger partial charge in [-0.3, -0.25) is 9.59 Å². The summed E-state index contributed by atoms with van der Waals surface area (Å²) in [4.78, 5) is 40.6. The number of amides is 2. The van der Waals surface area contributed by atoms with E-state index in [-0.39, 0.29) is 6.61 Å². The van der Waals surface area contributed by atoms with Crippen LogP contribution in [0.5, 0.6) is 5.75 Å². The van der Waals surface area contributed by atoms with E-state index in [0.29, 0.717) is 37.6 Å². The van der Waals surface area contributed by atoms with Crippen LogP contribution in [0.25, 0.3) is 0 Å². The monoisotopic (exact) mass is 473 g/mol. The van der Waals surface area contributed by atoms with Gasteiger partial charge in [-0.1, -0.05) is 11.6 Å². The minimum Gasteiger partial charge on any atom is -0.486 e. The van der Waals surface area contributed by atoms with Crippen molar-refractivity contribution in [1.29, 1.82) is 0 Å². The van der Waals surface area contributed by atoms with Gasteiger partial charge in [-0.2, -0.15) is 0 Å². The van der Waals surface area contributed by atoms with Gasteiger partial charge in [-0.25, -0.2) is 9.78 Å². The second kappa shape index (κ2) is 10.3. The van der Waals surface area contributed by atoms with Crippen LogP contribution in [0.1, 0.15) is 37.7 Å². The van der Waals surface area contributed by atoms with Crippen LogP contribution in [-0.2, 0) is 16.1 Å². The number of thiazole rings is 1. The van der Waals surface area contributed by atoms with E-state index in [0.717, 1.165) is 11.3 Å². The summed E-state index contributed by atoms with van der Waals surface area (Å²) in [6, 6.07) is 12.9. The zero-order chi connectivity index (χ0) is 23.3. The average Bonchev–Trinajstić information content (AvgIpc) is 3.14. The highest BCUT2D eigenvalue weighted by Gasteiger charge is 2.23. The average molecular weight is 474 g/mol. The molecular formula is C22H20ClN3O5S. The van der Waals surface area contributed by atoms with Gasteiger partial charge in [0, 0.05) is 16.3 Å². The first kappa shape index (κ1) is 23.2. The van der Waals surface area contributed by atoms with E-state index in [9.17, 15) is 14.4 Å². The summed E-state index contributed by atoms with van der Waals surface area (Å²) in [5.41, 5.74) is 6.44. The summed E-state index contributed by atoms with van der Waals surface area (Å²) in [6.45, 7) is 3.33. The van der Waals surface area contributed by atoms with Crippen LogP contribution in [0, 0.1) is 6.92 Å². The number of aryl methyl sites for hydroxylation is 1. The molecule has 0 aliphatic rings. The third kappa shape index (κ3) is 6.05. The number of hydrogen-bond donors (Lipinski definition) is 2. The quantitative estimate of drug-likeness (QED) is 0.477. The van der Waals surface area contributed by atoms with E-state index in [1.54, 1.807) is 31.2 Å². The van der Waals surface area contributed by atoms with Crippen LogP contribution < -0.4 is 15.8 Å². The third-order valence-corrected chi connectivity index (χ3v) is 5.66. The minimum atomic E-state index is -1.05. The topological polar surface area (TPSA) is 121 Å². The smallest absolute Gasteiger partial charge is 0.351 e. The Labute approximate surface area is 193 Å². The second-order valence-electron chi connectivity index (χ2n) is 6.74. The minimum absolute atomic E-state index is 0.178. The fraction of sp³-hybridized carbons (Fsp3) is 0.182. The van der Waals surface area contributed by atoms with E-state index in [2.05, 4.69) is 10.3 Å². The third-order valence-electron chi connectivity index (χ3n) is 4.29. The summed E-state index contributed by atoms with van der Waals surface area (Å²) in [5, 5.41) is 3.82. The second-order valence-corrected chi connectivity index (χ2v) is 8.26. The zero-order valence-electron chi connectivity index (χ0n) is 17.3. The Balaban J connectivity index is 1.56. The predicted molar refractivity (Wildman–Crippen MR) is 121 cm³/mol. The van der Waals surface area contributed by atoms with E-state index in [1.165, 1.54) is 31.2 Å². The Bertz CT molecular complexity index is 1130. The molecular weight excluding hydrogens is 454 g/mol. The maximum absolute atomic E-state index is 12.5. The molecule has 1 aromatic heterocycles.